The summed E-state index contributed by atoms with van der Waals surface area (Å²) in [7, 11) is -3.29. The van der Waals surface area contributed by atoms with Crippen LogP contribution in [0, 0.1) is 0 Å². The van der Waals surface area contributed by atoms with Gasteiger partial charge in [0.25, 0.3) is 0 Å². The van der Waals surface area contributed by atoms with Gasteiger partial charge < -0.3 is 4.55 Å². The molecule has 0 fully saturated rings. The lowest BCUT2D eigenvalue weighted by Gasteiger charge is -2.27. The molecule has 0 aromatic carbocycles. The first-order valence-corrected chi connectivity index (χ1v) is 7.72. The number of nitrogens with one attached hydrogen (secondary N) is 1. The summed E-state index contributed by atoms with van der Waals surface area (Å²) in [5.74, 6) is 0. The zero-order valence-corrected chi connectivity index (χ0v) is 11.1. The van der Waals surface area contributed by atoms with E-state index >= 15 is 0 Å². The molecule has 0 rings (SSSR count). The van der Waals surface area contributed by atoms with Gasteiger partial charge in [-0.1, -0.05) is 6.92 Å². The lowest BCUT2D eigenvalue weighted by atomic mass is 9.99. The van der Waals surface area contributed by atoms with Gasteiger partial charge in [-0.2, -0.15) is 0 Å². The molecule has 7 heteroatoms. The van der Waals surface area contributed by atoms with Crippen LogP contribution >= 0.6 is 0 Å². The van der Waals surface area contributed by atoms with Crippen molar-refractivity contribution >= 4 is 21.1 Å². The Morgan fingerprint density at radius 1 is 1.47 bits per heavy atom. The van der Waals surface area contributed by atoms with Crippen molar-refractivity contribution in [1.82, 2.24) is 4.72 Å². The summed E-state index contributed by atoms with van der Waals surface area (Å²) in [6, 6.07) is 0. The molecule has 0 aliphatic carbocycles. The van der Waals surface area contributed by atoms with Gasteiger partial charge in [-0.25, -0.2) is 17.3 Å². The average molecular weight is 257 g/mol. The van der Waals surface area contributed by atoms with Crippen molar-refractivity contribution in [1.29, 1.82) is 0 Å². The summed E-state index contributed by atoms with van der Waals surface area (Å²) >= 11 is -1.91. The Hall–Kier alpha value is 0.0200. The first-order chi connectivity index (χ1) is 6.57. The zero-order chi connectivity index (χ0) is 12.3. The van der Waals surface area contributed by atoms with Crippen molar-refractivity contribution in [3.8, 4) is 0 Å². The highest BCUT2D eigenvalue weighted by Crippen LogP contribution is 2.17. The van der Waals surface area contributed by atoms with E-state index in [0.29, 0.717) is 12.8 Å². The second-order valence-electron chi connectivity index (χ2n) is 4.27. The molecule has 0 aliphatic heterocycles. The maximum absolute atomic E-state index is 11.0. The van der Waals surface area contributed by atoms with E-state index < -0.39 is 31.9 Å². The van der Waals surface area contributed by atoms with Gasteiger partial charge in [0.1, 0.15) is 0 Å². The fourth-order valence-corrected chi connectivity index (χ4v) is 3.40. The molecule has 0 amide bonds. The van der Waals surface area contributed by atoms with Crippen molar-refractivity contribution in [2.24, 2.45) is 0 Å². The van der Waals surface area contributed by atoms with E-state index in [1.54, 1.807) is 20.8 Å². The van der Waals surface area contributed by atoms with Gasteiger partial charge in [-0.05, 0) is 26.7 Å². The van der Waals surface area contributed by atoms with Crippen molar-refractivity contribution in [3.05, 3.63) is 0 Å². The van der Waals surface area contributed by atoms with Gasteiger partial charge in [0, 0.05) is 5.54 Å². The van der Waals surface area contributed by atoms with Gasteiger partial charge in [-0.15, -0.1) is 0 Å². The molecule has 0 aliphatic rings. The Morgan fingerprint density at radius 3 is 2.20 bits per heavy atom. The summed E-state index contributed by atoms with van der Waals surface area (Å²) in [5.41, 5.74) is -0.702. The SMILES string of the molecule is CCC(CC(C)(C)NS(C)(=O)=O)S(=O)O. The quantitative estimate of drug-likeness (QED) is 0.686. The predicted octanol–water partition coefficient (Wildman–Crippen LogP) is 0.705. The van der Waals surface area contributed by atoms with E-state index in [2.05, 4.69) is 4.72 Å². The van der Waals surface area contributed by atoms with Gasteiger partial charge in [-0.3, -0.25) is 0 Å². The van der Waals surface area contributed by atoms with Crippen LogP contribution in [0.25, 0.3) is 0 Å². The second-order valence-corrected chi connectivity index (χ2v) is 7.24. The predicted molar refractivity (Wildman–Crippen MR) is 61.5 cm³/mol. The maximum atomic E-state index is 11.0. The van der Waals surface area contributed by atoms with Crippen LogP contribution in [0.4, 0.5) is 0 Å². The molecule has 0 heterocycles. The van der Waals surface area contributed by atoms with E-state index in [0.717, 1.165) is 6.26 Å². The molecule has 2 unspecified atom stereocenters. The topological polar surface area (TPSA) is 83.5 Å². The lowest BCUT2D eigenvalue weighted by molar-refractivity contribution is 0.402. The molecule has 0 aromatic heterocycles. The first-order valence-electron chi connectivity index (χ1n) is 4.66. The molecular weight excluding hydrogens is 238 g/mol. The van der Waals surface area contributed by atoms with E-state index in [-0.39, 0.29) is 0 Å². The Bertz CT molecular complexity index is 324. The number of hydrogen-bond donors (Lipinski definition) is 2. The normalized spacial score (nSPS) is 17.4. The molecule has 0 saturated carbocycles. The van der Waals surface area contributed by atoms with Gasteiger partial charge in [0.05, 0.1) is 11.5 Å². The van der Waals surface area contributed by atoms with E-state index in [1.807, 2.05) is 0 Å². The summed E-state index contributed by atoms with van der Waals surface area (Å²) in [4.78, 5) is 0. The van der Waals surface area contributed by atoms with Crippen molar-refractivity contribution in [2.45, 2.75) is 44.4 Å². The molecule has 5 nitrogen and oxygen atoms in total. The Labute approximate surface area is 94.0 Å². The fraction of sp³-hybridized carbons (Fsp3) is 1.00. The summed E-state index contributed by atoms with van der Waals surface area (Å²) in [6.07, 6.45) is 1.95. The fourth-order valence-electron chi connectivity index (χ4n) is 1.47. The smallest absolute Gasteiger partial charge is 0.209 e. The Kier molecular flexibility index (Phi) is 5.39. The Morgan fingerprint density at radius 2 is 1.93 bits per heavy atom. The monoisotopic (exact) mass is 257 g/mol. The van der Waals surface area contributed by atoms with Gasteiger partial charge in [0.2, 0.25) is 10.0 Å². The van der Waals surface area contributed by atoms with Gasteiger partial charge in [0.15, 0.2) is 11.1 Å². The Balaban J connectivity index is 4.55. The highest BCUT2D eigenvalue weighted by Gasteiger charge is 2.28. The highest BCUT2D eigenvalue weighted by molar-refractivity contribution is 7.88. The van der Waals surface area contributed by atoms with Crippen LogP contribution in [0.1, 0.15) is 33.6 Å². The van der Waals surface area contributed by atoms with Crippen LogP contribution in [0.5, 0.6) is 0 Å². The second kappa shape index (κ2) is 5.38. The summed E-state index contributed by atoms with van der Waals surface area (Å²) in [5, 5.41) is -0.408. The molecule has 0 saturated heterocycles. The lowest BCUT2D eigenvalue weighted by Crippen LogP contribution is -2.45. The minimum absolute atomic E-state index is 0.333. The number of rotatable bonds is 6. The zero-order valence-electron chi connectivity index (χ0n) is 9.48. The molecular formula is C8H19NO4S2. The molecule has 2 atom stereocenters. The van der Waals surface area contributed by atoms with Crippen LogP contribution in [-0.2, 0) is 21.1 Å². The number of sulfonamides is 1. The third kappa shape index (κ3) is 6.99. The van der Waals surface area contributed by atoms with Crippen molar-refractivity contribution < 1.29 is 17.2 Å². The molecule has 0 aromatic rings. The molecule has 0 radical (unpaired) electrons. The highest BCUT2D eigenvalue weighted by atomic mass is 32.2. The summed E-state index contributed by atoms with van der Waals surface area (Å²) < 4.78 is 44.4. The van der Waals surface area contributed by atoms with E-state index in [4.69, 9.17) is 4.55 Å². The molecule has 92 valence electrons. The molecule has 0 spiro atoms. The molecule has 2 N–H and O–H groups in total. The third-order valence-electron chi connectivity index (χ3n) is 1.94. The van der Waals surface area contributed by atoms with Crippen LogP contribution in [-0.4, -0.2) is 34.2 Å². The number of hydrogen-bond acceptors (Lipinski definition) is 3. The van der Waals surface area contributed by atoms with Crippen LogP contribution in [0.15, 0.2) is 0 Å². The van der Waals surface area contributed by atoms with Crippen LogP contribution in [0.3, 0.4) is 0 Å². The van der Waals surface area contributed by atoms with E-state index in [9.17, 15) is 12.6 Å². The van der Waals surface area contributed by atoms with Crippen molar-refractivity contribution in [3.63, 3.8) is 0 Å². The molecule has 15 heavy (non-hydrogen) atoms. The first kappa shape index (κ1) is 15.0. The third-order valence-corrected chi connectivity index (χ3v) is 3.93. The van der Waals surface area contributed by atoms with Gasteiger partial charge >= 0.3 is 0 Å². The average Bonchev–Trinajstić information content (AvgIpc) is 1.94. The summed E-state index contributed by atoms with van der Waals surface area (Å²) in [6.45, 7) is 5.20. The largest absolute Gasteiger partial charge is 0.306 e. The standard InChI is InChI=1S/C8H19NO4S2/c1-5-7(14(10)11)6-8(2,3)9-15(4,12)13/h7,9H,5-6H2,1-4H3,(H,10,11). The van der Waals surface area contributed by atoms with Crippen LogP contribution < -0.4 is 4.72 Å². The van der Waals surface area contributed by atoms with Crippen LogP contribution in [0.2, 0.25) is 0 Å². The van der Waals surface area contributed by atoms with Crippen molar-refractivity contribution in [2.75, 3.05) is 6.26 Å². The van der Waals surface area contributed by atoms with E-state index in [1.165, 1.54) is 0 Å². The maximum Gasteiger partial charge on any atom is 0.209 e. The minimum Gasteiger partial charge on any atom is -0.306 e. The minimum atomic E-state index is -3.29. The molecule has 0 bridgehead atoms.